The Balaban J connectivity index is 1.82. The number of carbonyl (C=O) groups excluding carboxylic acids is 1. The molecule has 3 heterocycles. The molecular formula is C18H26N5O7P. The average molecular weight is 455 g/mol. The van der Waals surface area contributed by atoms with Crippen molar-refractivity contribution in [3.8, 4) is 5.88 Å². The van der Waals surface area contributed by atoms with Gasteiger partial charge < -0.3 is 29.9 Å². The highest BCUT2D eigenvalue weighted by molar-refractivity contribution is 7.51. The molecule has 4 N–H and O–H groups in total. The standard InChI is InChI=1S/C18H26N5O7P/c1-29-16-15-13(11-20-23(17(15)24)18(25)30-8-5-19)10-14(21-16)22-6-2-12(3-7-22)4-9-31(26,27)28/h10-12H,2-9,19H2,1H3,(H2,26,27,28). The van der Waals surface area contributed by atoms with Crippen molar-refractivity contribution in [1.29, 1.82) is 0 Å². The lowest BCUT2D eigenvalue weighted by molar-refractivity contribution is 0.146. The van der Waals surface area contributed by atoms with Crippen molar-refractivity contribution in [2.75, 3.05) is 44.4 Å². The summed E-state index contributed by atoms with van der Waals surface area (Å²) < 4.78 is 21.9. The molecule has 13 heteroatoms. The van der Waals surface area contributed by atoms with Gasteiger partial charge in [-0.25, -0.2) is 4.79 Å². The summed E-state index contributed by atoms with van der Waals surface area (Å²) in [6.07, 6.45) is 2.37. The van der Waals surface area contributed by atoms with Gasteiger partial charge in [-0.1, -0.05) is 0 Å². The second kappa shape index (κ2) is 9.73. The Bertz CT molecular complexity index is 1050. The predicted octanol–water partition coefficient (Wildman–Crippen LogP) is 0.528. The van der Waals surface area contributed by atoms with Gasteiger partial charge in [-0.15, -0.1) is 4.68 Å². The molecule has 0 atom stereocenters. The Morgan fingerprint density at radius 2 is 2.06 bits per heavy atom. The monoisotopic (exact) mass is 455 g/mol. The van der Waals surface area contributed by atoms with Gasteiger partial charge in [-0.3, -0.25) is 9.36 Å². The third kappa shape index (κ3) is 5.59. The second-order valence-electron chi connectivity index (χ2n) is 7.33. The number of nitrogens with zero attached hydrogens (tertiary/aromatic N) is 4. The van der Waals surface area contributed by atoms with Crippen LogP contribution in [0.4, 0.5) is 10.6 Å². The Labute approximate surface area is 178 Å². The predicted molar refractivity (Wildman–Crippen MR) is 113 cm³/mol. The van der Waals surface area contributed by atoms with Crippen LogP contribution in [0.3, 0.4) is 0 Å². The first-order valence-corrected chi connectivity index (χ1v) is 11.7. The van der Waals surface area contributed by atoms with E-state index in [9.17, 15) is 14.2 Å². The van der Waals surface area contributed by atoms with E-state index in [0.29, 0.717) is 35.4 Å². The normalized spacial score (nSPS) is 15.3. The van der Waals surface area contributed by atoms with Crippen molar-refractivity contribution in [1.82, 2.24) is 14.8 Å². The lowest BCUT2D eigenvalue weighted by atomic mass is 9.94. The minimum Gasteiger partial charge on any atom is -0.480 e. The SMILES string of the molecule is COc1nc(N2CCC(CCP(=O)(O)O)CC2)cc2cnn(C(=O)OCCN)c(=O)c12. The van der Waals surface area contributed by atoms with Gasteiger partial charge in [-0.2, -0.15) is 10.1 Å². The minimum atomic E-state index is -3.99. The summed E-state index contributed by atoms with van der Waals surface area (Å²) in [6.45, 7) is 1.40. The van der Waals surface area contributed by atoms with E-state index in [-0.39, 0.29) is 36.5 Å². The third-order valence-corrected chi connectivity index (χ3v) is 6.04. The van der Waals surface area contributed by atoms with Gasteiger partial charge in [0.2, 0.25) is 5.88 Å². The molecule has 3 rings (SSSR count). The van der Waals surface area contributed by atoms with Gasteiger partial charge in [0.15, 0.2) is 0 Å². The molecule has 0 aromatic carbocycles. The molecule has 0 radical (unpaired) electrons. The zero-order valence-corrected chi connectivity index (χ0v) is 18.0. The summed E-state index contributed by atoms with van der Waals surface area (Å²) in [6, 6.07) is 1.71. The molecule has 170 valence electrons. The molecule has 0 spiro atoms. The van der Waals surface area contributed by atoms with Gasteiger partial charge >= 0.3 is 13.7 Å². The maximum absolute atomic E-state index is 12.8. The molecule has 0 bridgehead atoms. The zero-order valence-electron chi connectivity index (χ0n) is 17.1. The van der Waals surface area contributed by atoms with Crippen LogP contribution >= 0.6 is 7.60 Å². The van der Waals surface area contributed by atoms with Crippen LogP contribution in [0.5, 0.6) is 5.88 Å². The number of pyridine rings is 1. The molecule has 1 aliphatic heterocycles. The summed E-state index contributed by atoms with van der Waals surface area (Å²) >= 11 is 0. The summed E-state index contributed by atoms with van der Waals surface area (Å²) in [5, 5.41) is 4.48. The van der Waals surface area contributed by atoms with E-state index in [2.05, 4.69) is 10.1 Å². The molecule has 0 saturated carbocycles. The van der Waals surface area contributed by atoms with Crippen LogP contribution in [0.2, 0.25) is 0 Å². The van der Waals surface area contributed by atoms with Crippen molar-refractivity contribution in [3.05, 3.63) is 22.6 Å². The smallest absolute Gasteiger partial charge is 0.438 e. The fraction of sp³-hybridized carbons (Fsp3) is 0.556. The summed E-state index contributed by atoms with van der Waals surface area (Å²) in [7, 11) is -2.60. The maximum Gasteiger partial charge on any atom is 0.438 e. The number of ether oxygens (including phenoxy) is 2. The summed E-state index contributed by atoms with van der Waals surface area (Å²) in [5.41, 5.74) is 4.60. The first-order valence-electron chi connectivity index (χ1n) is 9.87. The van der Waals surface area contributed by atoms with Crippen LogP contribution in [-0.4, -0.2) is 70.2 Å². The van der Waals surface area contributed by atoms with Gasteiger partial charge in [0.25, 0.3) is 5.56 Å². The molecule has 0 unspecified atom stereocenters. The highest BCUT2D eigenvalue weighted by Crippen LogP contribution is 2.38. The van der Waals surface area contributed by atoms with Crippen LogP contribution < -0.4 is 20.9 Å². The average Bonchev–Trinajstić information content (AvgIpc) is 2.75. The molecule has 1 fully saturated rings. The number of hydrogen-bond acceptors (Lipinski definition) is 9. The van der Waals surface area contributed by atoms with Crippen molar-refractivity contribution >= 4 is 30.3 Å². The molecule has 1 saturated heterocycles. The number of anilines is 1. The molecule has 0 amide bonds. The van der Waals surface area contributed by atoms with E-state index in [0.717, 1.165) is 12.8 Å². The van der Waals surface area contributed by atoms with Gasteiger partial charge in [0.1, 0.15) is 17.8 Å². The number of nitrogens with two attached hydrogens (primary N) is 1. The second-order valence-corrected chi connectivity index (χ2v) is 9.10. The van der Waals surface area contributed by atoms with Crippen LogP contribution in [0.25, 0.3) is 10.8 Å². The lowest BCUT2D eigenvalue weighted by Gasteiger charge is -2.33. The number of piperidine rings is 1. The largest absolute Gasteiger partial charge is 0.480 e. The van der Waals surface area contributed by atoms with E-state index in [1.165, 1.54) is 13.3 Å². The summed E-state index contributed by atoms with van der Waals surface area (Å²) in [5.74, 6) is 0.908. The summed E-state index contributed by atoms with van der Waals surface area (Å²) in [4.78, 5) is 49.4. The molecular weight excluding hydrogens is 429 g/mol. The molecule has 12 nitrogen and oxygen atoms in total. The molecule has 0 aliphatic carbocycles. The highest BCUT2D eigenvalue weighted by atomic mass is 31.2. The van der Waals surface area contributed by atoms with E-state index in [1.807, 2.05) is 4.90 Å². The quantitative estimate of drug-likeness (QED) is 0.498. The number of aromatic nitrogens is 3. The number of rotatable bonds is 7. The van der Waals surface area contributed by atoms with Gasteiger partial charge in [0, 0.05) is 25.0 Å². The van der Waals surface area contributed by atoms with Gasteiger partial charge in [-0.05, 0) is 31.2 Å². The number of hydrogen-bond donors (Lipinski definition) is 3. The van der Waals surface area contributed by atoms with Crippen molar-refractivity contribution < 1.29 is 28.6 Å². The lowest BCUT2D eigenvalue weighted by Crippen LogP contribution is -2.35. The third-order valence-electron chi connectivity index (χ3n) is 5.20. The maximum atomic E-state index is 12.8. The molecule has 1 aliphatic rings. The Hall–Kier alpha value is -2.53. The molecule has 2 aromatic heterocycles. The van der Waals surface area contributed by atoms with Crippen molar-refractivity contribution in [2.24, 2.45) is 11.7 Å². The Morgan fingerprint density at radius 3 is 2.68 bits per heavy atom. The number of carbonyl (C=O) groups is 1. The van der Waals surface area contributed by atoms with Crippen LogP contribution in [0.15, 0.2) is 17.1 Å². The fourth-order valence-electron chi connectivity index (χ4n) is 3.57. The Morgan fingerprint density at radius 1 is 1.35 bits per heavy atom. The van der Waals surface area contributed by atoms with E-state index in [4.69, 9.17) is 25.0 Å². The van der Waals surface area contributed by atoms with Crippen LogP contribution in [0, 0.1) is 5.92 Å². The van der Waals surface area contributed by atoms with Crippen LogP contribution in [-0.2, 0) is 9.30 Å². The minimum absolute atomic E-state index is 0.0383. The van der Waals surface area contributed by atoms with E-state index >= 15 is 0 Å². The van der Waals surface area contributed by atoms with Crippen LogP contribution in [0.1, 0.15) is 19.3 Å². The first-order chi connectivity index (χ1) is 14.7. The molecule has 31 heavy (non-hydrogen) atoms. The number of methoxy groups -OCH3 is 1. The van der Waals surface area contributed by atoms with E-state index < -0.39 is 19.2 Å². The topological polar surface area (TPSA) is 170 Å². The fourth-order valence-corrected chi connectivity index (χ4v) is 4.27. The molecule has 2 aromatic rings. The number of fused-ring (bicyclic) bond motifs is 1. The van der Waals surface area contributed by atoms with E-state index in [1.54, 1.807) is 6.07 Å². The highest BCUT2D eigenvalue weighted by Gasteiger charge is 2.25. The Kier molecular flexibility index (Phi) is 7.26. The first kappa shape index (κ1) is 23.1. The van der Waals surface area contributed by atoms with Gasteiger partial charge in [0.05, 0.1) is 19.5 Å². The van der Waals surface area contributed by atoms with Crippen molar-refractivity contribution in [2.45, 2.75) is 19.3 Å². The zero-order chi connectivity index (χ0) is 22.6. The van der Waals surface area contributed by atoms with Crippen molar-refractivity contribution in [3.63, 3.8) is 0 Å².